The average molecular weight is 327 g/mol. The highest BCUT2D eigenvalue weighted by molar-refractivity contribution is 9.10. The minimum Gasteiger partial charge on any atom is -0.476 e. The van der Waals surface area contributed by atoms with Crippen molar-refractivity contribution >= 4 is 49.5 Å². The third-order valence-corrected chi connectivity index (χ3v) is 3.29. The highest BCUT2D eigenvalue weighted by atomic mass is 79.9. The Morgan fingerprint density at radius 1 is 1.39 bits per heavy atom. The number of halogens is 2. The van der Waals surface area contributed by atoms with E-state index in [0.717, 1.165) is 26.4 Å². The monoisotopic (exact) mass is 325 g/mol. The molecule has 0 radical (unpaired) electrons. The summed E-state index contributed by atoms with van der Waals surface area (Å²) in [6.45, 7) is 2.43. The fourth-order valence-corrected chi connectivity index (χ4v) is 2.44. The van der Waals surface area contributed by atoms with Crippen LogP contribution in [0.1, 0.15) is 6.92 Å². The maximum absolute atomic E-state index is 5.93. The van der Waals surface area contributed by atoms with Crippen LogP contribution in [-0.2, 0) is 0 Å². The van der Waals surface area contributed by atoms with E-state index < -0.39 is 0 Å². The molecule has 0 saturated carbocycles. The van der Waals surface area contributed by atoms with Crippen LogP contribution < -0.4 is 4.74 Å². The van der Waals surface area contributed by atoms with Crippen molar-refractivity contribution in [2.24, 2.45) is 0 Å². The average Bonchev–Trinajstić information content (AvgIpc) is 2.68. The second kappa shape index (κ2) is 4.40. The molecule has 0 aliphatic carbocycles. The fourth-order valence-electron chi connectivity index (χ4n) is 1.92. The number of rotatable bonds is 2. The standard InChI is InChI=1S/C12H9BrClN3O/c1-2-18-11-10-9(16-12(14)17-11)7-5-6(13)3-4-8(7)15-10/h3-5,15H,2H2,1H3. The number of aromatic nitrogens is 3. The molecule has 3 rings (SSSR count). The number of hydrogen-bond acceptors (Lipinski definition) is 3. The first-order chi connectivity index (χ1) is 8.69. The van der Waals surface area contributed by atoms with Crippen LogP contribution in [0.4, 0.5) is 0 Å². The first-order valence-electron chi connectivity index (χ1n) is 5.46. The van der Waals surface area contributed by atoms with Gasteiger partial charge in [-0.05, 0) is 36.7 Å². The number of hydrogen-bond donors (Lipinski definition) is 1. The first kappa shape index (κ1) is 11.7. The van der Waals surface area contributed by atoms with Gasteiger partial charge in [-0.2, -0.15) is 4.98 Å². The predicted octanol–water partition coefficient (Wildman–Crippen LogP) is 3.93. The first-order valence-corrected chi connectivity index (χ1v) is 6.63. The van der Waals surface area contributed by atoms with Crippen molar-refractivity contribution in [3.8, 4) is 5.88 Å². The van der Waals surface area contributed by atoms with Crippen LogP contribution in [0.2, 0.25) is 5.28 Å². The van der Waals surface area contributed by atoms with Gasteiger partial charge in [-0.3, -0.25) is 0 Å². The summed E-state index contributed by atoms with van der Waals surface area (Å²) in [7, 11) is 0. The number of benzene rings is 1. The highest BCUT2D eigenvalue weighted by Crippen LogP contribution is 2.31. The van der Waals surface area contributed by atoms with E-state index >= 15 is 0 Å². The van der Waals surface area contributed by atoms with E-state index in [1.807, 2.05) is 25.1 Å². The van der Waals surface area contributed by atoms with Gasteiger partial charge in [0.25, 0.3) is 0 Å². The van der Waals surface area contributed by atoms with Gasteiger partial charge in [-0.15, -0.1) is 0 Å². The summed E-state index contributed by atoms with van der Waals surface area (Å²) in [5, 5.41) is 1.18. The van der Waals surface area contributed by atoms with E-state index in [-0.39, 0.29) is 5.28 Å². The molecule has 2 heterocycles. The predicted molar refractivity (Wildman–Crippen MR) is 75.3 cm³/mol. The molecular weight excluding hydrogens is 318 g/mol. The van der Waals surface area contributed by atoms with Crippen LogP contribution in [0, 0.1) is 0 Å². The molecule has 92 valence electrons. The molecule has 0 amide bonds. The Kier molecular flexibility index (Phi) is 2.87. The van der Waals surface area contributed by atoms with Gasteiger partial charge in [0.05, 0.1) is 6.61 Å². The molecule has 3 aromatic rings. The quantitative estimate of drug-likeness (QED) is 0.726. The van der Waals surface area contributed by atoms with Gasteiger partial charge >= 0.3 is 0 Å². The minimum absolute atomic E-state index is 0.187. The molecule has 0 spiro atoms. The molecule has 4 nitrogen and oxygen atoms in total. The Bertz CT molecular complexity index is 741. The van der Waals surface area contributed by atoms with E-state index in [0.29, 0.717) is 12.5 Å². The zero-order chi connectivity index (χ0) is 12.7. The van der Waals surface area contributed by atoms with E-state index in [4.69, 9.17) is 16.3 Å². The number of fused-ring (bicyclic) bond motifs is 3. The molecule has 0 unspecified atom stereocenters. The Morgan fingerprint density at radius 3 is 3.00 bits per heavy atom. The van der Waals surface area contributed by atoms with Crippen molar-refractivity contribution in [1.29, 1.82) is 0 Å². The van der Waals surface area contributed by atoms with Gasteiger partial charge in [-0.25, -0.2) is 4.98 Å². The smallest absolute Gasteiger partial charge is 0.242 e. The van der Waals surface area contributed by atoms with Crippen molar-refractivity contribution in [1.82, 2.24) is 15.0 Å². The molecule has 0 atom stereocenters. The van der Waals surface area contributed by atoms with E-state index in [9.17, 15) is 0 Å². The van der Waals surface area contributed by atoms with Crippen molar-refractivity contribution in [3.63, 3.8) is 0 Å². The lowest BCUT2D eigenvalue weighted by molar-refractivity contribution is 0.330. The van der Waals surface area contributed by atoms with E-state index in [2.05, 4.69) is 30.9 Å². The molecule has 2 aromatic heterocycles. The number of nitrogens with zero attached hydrogens (tertiary/aromatic N) is 2. The fraction of sp³-hybridized carbons (Fsp3) is 0.167. The summed E-state index contributed by atoms with van der Waals surface area (Å²) >= 11 is 9.38. The van der Waals surface area contributed by atoms with E-state index in [1.54, 1.807) is 0 Å². The molecule has 1 N–H and O–H groups in total. The zero-order valence-corrected chi connectivity index (χ0v) is 11.8. The summed E-state index contributed by atoms with van der Waals surface area (Å²) in [6, 6.07) is 5.94. The lowest BCUT2D eigenvalue weighted by atomic mass is 10.2. The van der Waals surface area contributed by atoms with Crippen molar-refractivity contribution < 1.29 is 4.74 Å². The third kappa shape index (κ3) is 1.83. The van der Waals surface area contributed by atoms with Crippen LogP contribution in [-0.4, -0.2) is 21.6 Å². The van der Waals surface area contributed by atoms with Crippen LogP contribution >= 0.6 is 27.5 Å². The van der Waals surface area contributed by atoms with Crippen LogP contribution in [0.25, 0.3) is 21.9 Å². The van der Waals surface area contributed by atoms with Gasteiger partial charge in [0.2, 0.25) is 11.2 Å². The largest absolute Gasteiger partial charge is 0.476 e. The topological polar surface area (TPSA) is 50.8 Å². The molecular formula is C12H9BrClN3O. The summed E-state index contributed by atoms with van der Waals surface area (Å²) in [5.41, 5.74) is 2.52. The van der Waals surface area contributed by atoms with Crippen molar-refractivity contribution in [3.05, 3.63) is 28.0 Å². The van der Waals surface area contributed by atoms with Crippen LogP contribution in [0.3, 0.4) is 0 Å². The van der Waals surface area contributed by atoms with Crippen molar-refractivity contribution in [2.75, 3.05) is 6.61 Å². The SMILES string of the molecule is CCOc1nc(Cl)nc2c1[nH]c1ccc(Br)cc12. The maximum atomic E-state index is 5.93. The van der Waals surface area contributed by atoms with Crippen LogP contribution in [0.5, 0.6) is 5.88 Å². The Balaban J connectivity index is 2.42. The van der Waals surface area contributed by atoms with E-state index in [1.165, 1.54) is 0 Å². The molecule has 6 heteroatoms. The summed E-state index contributed by atoms with van der Waals surface area (Å²) in [5.74, 6) is 0.486. The Labute approximate surface area is 116 Å². The molecule has 0 saturated heterocycles. The van der Waals surface area contributed by atoms with Gasteiger partial charge in [0.15, 0.2) is 0 Å². The second-order valence-corrected chi connectivity index (χ2v) is 5.02. The second-order valence-electron chi connectivity index (χ2n) is 3.77. The molecule has 0 fully saturated rings. The van der Waals surface area contributed by atoms with Crippen LogP contribution in [0.15, 0.2) is 22.7 Å². The normalized spacial score (nSPS) is 11.3. The zero-order valence-electron chi connectivity index (χ0n) is 9.50. The molecule has 0 bridgehead atoms. The van der Waals surface area contributed by atoms with Gasteiger partial charge in [-0.1, -0.05) is 15.9 Å². The Hall–Kier alpha value is -1.33. The minimum atomic E-state index is 0.187. The van der Waals surface area contributed by atoms with Gasteiger partial charge in [0.1, 0.15) is 11.0 Å². The van der Waals surface area contributed by atoms with Gasteiger partial charge < -0.3 is 9.72 Å². The number of aromatic amines is 1. The Morgan fingerprint density at radius 2 is 2.22 bits per heavy atom. The van der Waals surface area contributed by atoms with Crippen molar-refractivity contribution in [2.45, 2.75) is 6.92 Å². The number of nitrogens with one attached hydrogen (secondary N) is 1. The molecule has 0 aliphatic heterocycles. The summed E-state index contributed by atoms with van der Waals surface area (Å²) in [6.07, 6.45) is 0. The van der Waals surface area contributed by atoms with Gasteiger partial charge in [0, 0.05) is 15.4 Å². The third-order valence-electron chi connectivity index (χ3n) is 2.63. The lowest BCUT2D eigenvalue weighted by Gasteiger charge is -2.02. The maximum Gasteiger partial charge on any atom is 0.242 e. The molecule has 18 heavy (non-hydrogen) atoms. The number of H-pyrrole nitrogens is 1. The highest BCUT2D eigenvalue weighted by Gasteiger charge is 2.13. The molecule has 1 aromatic carbocycles. The summed E-state index contributed by atoms with van der Waals surface area (Å²) in [4.78, 5) is 11.6. The summed E-state index contributed by atoms with van der Waals surface area (Å²) < 4.78 is 6.47. The lowest BCUT2D eigenvalue weighted by Crippen LogP contribution is -1.96. The number of ether oxygens (including phenoxy) is 1. The molecule has 0 aliphatic rings.